The first-order valence-corrected chi connectivity index (χ1v) is 8.75. The first-order chi connectivity index (χ1) is 12.1. The van der Waals surface area contributed by atoms with Crippen LogP contribution in [-0.4, -0.2) is 45.8 Å². The Morgan fingerprint density at radius 3 is 2.96 bits per heavy atom. The van der Waals surface area contributed by atoms with Crippen LogP contribution in [0.25, 0.3) is 0 Å². The van der Waals surface area contributed by atoms with Crippen LogP contribution in [0.2, 0.25) is 0 Å². The van der Waals surface area contributed by atoms with Crippen molar-refractivity contribution in [1.29, 1.82) is 0 Å². The van der Waals surface area contributed by atoms with E-state index >= 15 is 0 Å². The number of nitrogens with zero attached hydrogens (tertiary/aromatic N) is 2. The van der Waals surface area contributed by atoms with E-state index in [2.05, 4.69) is 34.3 Å². The van der Waals surface area contributed by atoms with Crippen molar-refractivity contribution in [3.8, 4) is 0 Å². The number of amides is 2. The number of likely N-dealkylation sites (tertiary alicyclic amines) is 1. The summed E-state index contributed by atoms with van der Waals surface area (Å²) in [6.07, 6.45) is 6.05. The zero-order chi connectivity index (χ0) is 17.6. The summed E-state index contributed by atoms with van der Waals surface area (Å²) >= 11 is 0. The van der Waals surface area contributed by atoms with E-state index in [0.29, 0.717) is 18.7 Å². The minimum absolute atomic E-state index is 0.00744. The molecule has 0 aliphatic carbocycles. The van der Waals surface area contributed by atoms with Gasteiger partial charge in [-0.3, -0.25) is 9.59 Å². The molecule has 0 saturated carbocycles. The minimum Gasteiger partial charge on any atom is -0.346 e. The molecular formula is C19H24N4O2. The topological polar surface area (TPSA) is 78.1 Å². The number of nitrogens with one attached hydrogen (secondary N) is 2. The van der Waals surface area contributed by atoms with Gasteiger partial charge in [-0.2, -0.15) is 0 Å². The highest BCUT2D eigenvalue weighted by atomic mass is 16.2. The van der Waals surface area contributed by atoms with Crippen LogP contribution in [-0.2, 0) is 11.2 Å². The molecular weight excluding hydrogens is 316 g/mol. The van der Waals surface area contributed by atoms with Crippen molar-refractivity contribution in [3.63, 3.8) is 0 Å². The molecule has 1 atom stereocenters. The number of hydrogen-bond donors (Lipinski definition) is 2. The molecule has 1 aliphatic rings. The summed E-state index contributed by atoms with van der Waals surface area (Å²) < 4.78 is 0. The predicted octanol–water partition coefficient (Wildman–Crippen LogP) is 2.07. The van der Waals surface area contributed by atoms with Gasteiger partial charge in [0.15, 0.2) is 0 Å². The van der Waals surface area contributed by atoms with Crippen molar-refractivity contribution in [3.05, 3.63) is 53.6 Å². The molecule has 25 heavy (non-hydrogen) atoms. The van der Waals surface area contributed by atoms with Crippen LogP contribution >= 0.6 is 0 Å². The first-order valence-electron chi connectivity index (χ1n) is 8.75. The number of rotatable bonds is 5. The molecule has 3 rings (SSSR count). The lowest BCUT2D eigenvalue weighted by atomic mass is 10.0. The lowest BCUT2D eigenvalue weighted by molar-refractivity contribution is -0.132. The standard InChI is InChI=1S/C19H24N4O2/c1-14-5-2-3-6-15(14)8-9-18(24)23-10-4-7-16(12-23)22-19(25)17-11-20-13-21-17/h2-3,5-6,11,13,16H,4,7-10,12H2,1H3,(H,20,21)(H,22,25)/t16-/m1/s1. The summed E-state index contributed by atoms with van der Waals surface area (Å²) in [5, 5.41) is 2.98. The molecule has 0 radical (unpaired) electrons. The Kier molecular flexibility index (Phi) is 5.48. The normalized spacial score (nSPS) is 17.3. The molecule has 1 aromatic carbocycles. The van der Waals surface area contributed by atoms with E-state index in [1.54, 1.807) is 0 Å². The number of aromatic amines is 1. The van der Waals surface area contributed by atoms with Crippen LogP contribution in [0.3, 0.4) is 0 Å². The Hall–Kier alpha value is -2.63. The number of aryl methyl sites for hydroxylation is 2. The molecule has 2 aromatic rings. The smallest absolute Gasteiger partial charge is 0.269 e. The SMILES string of the molecule is Cc1ccccc1CCC(=O)N1CCC[C@@H](NC(=O)c2cnc[nH]2)C1. The number of carbonyl (C=O) groups is 2. The molecule has 1 fully saturated rings. The highest BCUT2D eigenvalue weighted by Gasteiger charge is 2.25. The maximum Gasteiger partial charge on any atom is 0.269 e. The second-order valence-electron chi connectivity index (χ2n) is 6.54. The molecule has 6 heteroatoms. The Balaban J connectivity index is 1.51. The van der Waals surface area contributed by atoms with Gasteiger partial charge in [-0.15, -0.1) is 0 Å². The Morgan fingerprint density at radius 2 is 2.20 bits per heavy atom. The zero-order valence-electron chi connectivity index (χ0n) is 14.5. The number of carbonyl (C=O) groups excluding carboxylic acids is 2. The van der Waals surface area contributed by atoms with E-state index in [4.69, 9.17) is 0 Å². The number of H-pyrrole nitrogens is 1. The van der Waals surface area contributed by atoms with Crippen LogP contribution in [0, 0.1) is 6.92 Å². The second-order valence-corrected chi connectivity index (χ2v) is 6.54. The molecule has 2 heterocycles. The van der Waals surface area contributed by atoms with E-state index in [-0.39, 0.29) is 17.9 Å². The average molecular weight is 340 g/mol. The molecule has 1 aromatic heterocycles. The molecule has 1 saturated heterocycles. The molecule has 2 amide bonds. The van der Waals surface area contributed by atoms with Crippen LogP contribution in [0.5, 0.6) is 0 Å². The largest absolute Gasteiger partial charge is 0.346 e. The summed E-state index contributed by atoms with van der Waals surface area (Å²) in [5.74, 6) is -0.0135. The molecule has 0 unspecified atom stereocenters. The molecule has 0 bridgehead atoms. The monoisotopic (exact) mass is 340 g/mol. The Morgan fingerprint density at radius 1 is 1.36 bits per heavy atom. The van der Waals surface area contributed by atoms with E-state index in [1.165, 1.54) is 23.7 Å². The summed E-state index contributed by atoms with van der Waals surface area (Å²) in [4.78, 5) is 33.2. The highest BCUT2D eigenvalue weighted by Crippen LogP contribution is 2.15. The van der Waals surface area contributed by atoms with Crippen molar-refractivity contribution in [2.24, 2.45) is 0 Å². The van der Waals surface area contributed by atoms with Crippen molar-refractivity contribution in [1.82, 2.24) is 20.2 Å². The molecule has 2 N–H and O–H groups in total. The third-order valence-corrected chi connectivity index (χ3v) is 4.72. The van der Waals surface area contributed by atoms with Gasteiger partial charge in [0, 0.05) is 25.6 Å². The summed E-state index contributed by atoms with van der Waals surface area (Å²) in [6.45, 7) is 3.41. The zero-order valence-corrected chi connectivity index (χ0v) is 14.5. The van der Waals surface area contributed by atoms with Crippen molar-refractivity contribution < 1.29 is 9.59 Å². The maximum absolute atomic E-state index is 12.5. The van der Waals surface area contributed by atoms with Gasteiger partial charge in [-0.05, 0) is 37.3 Å². The quantitative estimate of drug-likeness (QED) is 0.875. The van der Waals surface area contributed by atoms with Gasteiger partial charge >= 0.3 is 0 Å². The Bertz CT molecular complexity index is 727. The number of aromatic nitrogens is 2. The fourth-order valence-corrected chi connectivity index (χ4v) is 3.25. The summed E-state index contributed by atoms with van der Waals surface area (Å²) in [7, 11) is 0. The number of piperidine rings is 1. The highest BCUT2D eigenvalue weighted by molar-refractivity contribution is 5.92. The third kappa shape index (κ3) is 4.47. The van der Waals surface area contributed by atoms with Crippen LogP contribution in [0.1, 0.15) is 40.9 Å². The number of benzene rings is 1. The van der Waals surface area contributed by atoms with Gasteiger partial charge in [0.2, 0.25) is 5.91 Å². The predicted molar refractivity (Wildman–Crippen MR) is 95.2 cm³/mol. The van der Waals surface area contributed by atoms with E-state index in [9.17, 15) is 9.59 Å². The van der Waals surface area contributed by atoms with Gasteiger partial charge in [0.1, 0.15) is 5.69 Å². The van der Waals surface area contributed by atoms with Crippen LogP contribution in [0.15, 0.2) is 36.8 Å². The van der Waals surface area contributed by atoms with Crippen molar-refractivity contribution in [2.75, 3.05) is 13.1 Å². The van der Waals surface area contributed by atoms with E-state index in [1.807, 2.05) is 17.0 Å². The van der Waals surface area contributed by atoms with Crippen LogP contribution < -0.4 is 5.32 Å². The van der Waals surface area contributed by atoms with Gasteiger partial charge in [-0.25, -0.2) is 4.98 Å². The van der Waals surface area contributed by atoms with Gasteiger partial charge in [0.05, 0.1) is 12.5 Å². The Labute approximate surface area is 147 Å². The molecule has 132 valence electrons. The average Bonchev–Trinajstić information content (AvgIpc) is 3.16. The first kappa shape index (κ1) is 17.2. The van der Waals surface area contributed by atoms with Crippen molar-refractivity contribution in [2.45, 2.75) is 38.6 Å². The van der Waals surface area contributed by atoms with Crippen molar-refractivity contribution >= 4 is 11.8 Å². The van der Waals surface area contributed by atoms with Gasteiger partial charge in [-0.1, -0.05) is 24.3 Å². The fourth-order valence-electron chi connectivity index (χ4n) is 3.25. The second kappa shape index (κ2) is 7.96. The number of imidazole rings is 1. The van der Waals surface area contributed by atoms with Gasteiger partial charge < -0.3 is 15.2 Å². The fraction of sp³-hybridized carbons (Fsp3) is 0.421. The maximum atomic E-state index is 12.5. The molecule has 0 spiro atoms. The van der Waals surface area contributed by atoms with Gasteiger partial charge in [0.25, 0.3) is 5.91 Å². The lowest BCUT2D eigenvalue weighted by Crippen LogP contribution is -2.49. The third-order valence-electron chi connectivity index (χ3n) is 4.72. The van der Waals surface area contributed by atoms with E-state index in [0.717, 1.165) is 25.8 Å². The minimum atomic E-state index is -0.170. The molecule has 1 aliphatic heterocycles. The molecule has 6 nitrogen and oxygen atoms in total. The van der Waals surface area contributed by atoms with Crippen LogP contribution in [0.4, 0.5) is 0 Å². The number of hydrogen-bond acceptors (Lipinski definition) is 3. The lowest BCUT2D eigenvalue weighted by Gasteiger charge is -2.33. The van der Waals surface area contributed by atoms with E-state index < -0.39 is 0 Å². The summed E-state index contributed by atoms with van der Waals surface area (Å²) in [5.41, 5.74) is 2.89. The summed E-state index contributed by atoms with van der Waals surface area (Å²) in [6, 6.07) is 8.16.